The zero-order chi connectivity index (χ0) is 13.0. The molecule has 1 atom stereocenters. The van der Waals surface area contributed by atoms with Crippen LogP contribution in [0.3, 0.4) is 0 Å². The molecule has 1 fully saturated rings. The van der Waals surface area contributed by atoms with E-state index in [2.05, 4.69) is 20.9 Å². The van der Waals surface area contributed by atoms with Gasteiger partial charge in [0.2, 0.25) is 0 Å². The first-order valence-electron chi connectivity index (χ1n) is 6.28. The topological polar surface area (TPSA) is 53.2 Å². The fourth-order valence-electron chi connectivity index (χ4n) is 2.45. The van der Waals surface area contributed by atoms with Crippen molar-refractivity contribution >= 4 is 21.8 Å². The number of aromatic amines is 1. The fourth-order valence-corrected chi connectivity index (χ4v) is 2.78. The van der Waals surface area contributed by atoms with E-state index in [1.807, 2.05) is 4.90 Å². The molecule has 4 nitrogen and oxygen atoms in total. The van der Waals surface area contributed by atoms with Crippen molar-refractivity contribution < 1.29 is 4.79 Å². The van der Waals surface area contributed by atoms with Crippen molar-refractivity contribution in [2.45, 2.75) is 31.7 Å². The van der Waals surface area contributed by atoms with Gasteiger partial charge in [-0.15, -0.1) is 0 Å². The lowest BCUT2D eigenvalue weighted by molar-refractivity contribution is 0.0728. The van der Waals surface area contributed by atoms with Gasteiger partial charge in [-0.1, -0.05) is 15.9 Å². The maximum atomic E-state index is 12.3. The monoisotopic (exact) mass is 312 g/mol. The van der Waals surface area contributed by atoms with Gasteiger partial charge in [0, 0.05) is 36.4 Å². The molecule has 0 radical (unpaired) electrons. The van der Waals surface area contributed by atoms with Gasteiger partial charge in [0.15, 0.2) is 5.43 Å². The lowest BCUT2D eigenvalue weighted by Crippen LogP contribution is -2.37. The zero-order valence-corrected chi connectivity index (χ0v) is 11.8. The molecule has 0 saturated carbocycles. The third kappa shape index (κ3) is 2.83. The van der Waals surface area contributed by atoms with Crippen molar-refractivity contribution in [1.82, 2.24) is 9.88 Å². The SMILES string of the molecule is O=C(c1c[nH]ccc1=O)N1CCCC1CCCBr. The molecule has 0 spiro atoms. The van der Waals surface area contributed by atoms with E-state index in [-0.39, 0.29) is 22.9 Å². The average molecular weight is 313 g/mol. The Balaban J connectivity index is 2.13. The van der Waals surface area contributed by atoms with E-state index in [1.54, 1.807) is 6.20 Å². The molecule has 1 unspecified atom stereocenters. The highest BCUT2D eigenvalue weighted by Gasteiger charge is 2.29. The third-order valence-electron chi connectivity index (χ3n) is 3.36. The Morgan fingerprint density at radius 1 is 1.56 bits per heavy atom. The van der Waals surface area contributed by atoms with Gasteiger partial charge in [0.1, 0.15) is 5.56 Å². The number of nitrogens with zero attached hydrogens (tertiary/aromatic N) is 1. The van der Waals surface area contributed by atoms with Gasteiger partial charge in [-0.05, 0) is 25.7 Å². The average Bonchev–Trinajstić information content (AvgIpc) is 2.84. The zero-order valence-electron chi connectivity index (χ0n) is 10.2. The molecule has 1 N–H and O–H groups in total. The number of rotatable bonds is 4. The van der Waals surface area contributed by atoms with Crippen molar-refractivity contribution in [1.29, 1.82) is 0 Å². The molecule has 1 aromatic rings. The molecular formula is C13H17BrN2O2. The summed E-state index contributed by atoms with van der Waals surface area (Å²) in [5.41, 5.74) is 0.0492. The highest BCUT2D eigenvalue weighted by atomic mass is 79.9. The minimum atomic E-state index is -0.204. The number of pyridine rings is 1. The lowest BCUT2D eigenvalue weighted by Gasteiger charge is -2.24. The number of halogens is 1. The van der Waals surface area contributed by atoms with Gasteiger partial charge in [0.05, 0.1) is 0 Å². The standard InChI is InChI=1S/C13H17BrN2O2/c14-6-1-3-10-4-2-8-16(10)13(18)11-9-15-7-5-12(11)17/h5,7,9-10H,1-4,6,8H2,(H,15,17). The molecule has 18 heavy (non-hydrogen) atoms. The largest absolute Gasteiger partial charge is 0.367 e. The molecular weight excluding hydrogens is 296 g/mol. The first kappa shape index (κ1) is 13.3. The van der Waals surface area contributed by atoms with Crippen molar-refractivity contribution in [2.75, 3.05) is 11.9 Å². The summed E-state index contributed by atoms with van der Waals surface area (Å²) < 4.78 is 0. The van der Waals surface area contributed by atoms with Crippen molar-refractivity contribution in [3.8, 4) is 0 Å². The number of alkyl halides is 1. The molecule has 0 aromatic carbocycles. The van der Waals surface area contributed by atoms with E-state index in [9.17, 15) is 9.59 Å². The summed E-state index contributed by atoms with van der Waals surface area (Å²) in [6, 6.07) is 1.69. The van der Waals surface area contributed by atoms with Crippen LogP contribution in [0.15, 0.2) is 23.3 Å². The Morgan fingerprint density at radius 2 is 2.39 bits per heavy atom. The third-order valence-corrected chi connectivity index (χ3v) is 3.92. The van der Waals surface area contributed by atoms with Crippen LogP contribution in [0.4, 0.5) is 0 Å². The fraction of sp³-hybridized carbons (Fsp3) is 0.538. The van der Waals surface area contributed by atoms with E-state index in [4.69, 9.17) is 0 Å². The quantitative estimate of drug-likeness (QED) is 0.866. The number of likely N-dealkylation sites (tertiary alicyclic amines) is 1. The van der Waals surface area contributed by atoms with Crippen LogP contribution < -0.4 is 5.43 Å². The van der Waals surface area contributed by atoms with Crippen molar-refractivity contribution in [2.24, 2.45) is 0 Å². The molecule has 1 aliphatic rings. The number of nitrogens with one attached hydrogen (secondary N) is 1. The number of carbonyl (C=O) groups excluding carboxylic acids is 1. The van der Waals surface area contributed by atoms with Gasteiger partial charge in [-0.25, -0.2) is 0 Å². The molecule has 1 aromatic heterocycles. The Kier molecular flexibility index (Phi) is 4.58. The summed E-state index contributed by atoms with van der Waals surface area (Å²) in [7, 11) is 0. The summed E-state index contributed by atoms with van der Waals surface area (Å²) in [6.07, 6.45) is 7.18. The number of H-pyrrole nitrogens is 1. The van der Waals surface area contributed by atoms with Crippen LogP contribution in [0.2, 0.25) is 0 Å². The molecule has 1 amide bonds. The first-order valence-corrected chi connectivity index (χ1v) is 7.40. The van der Waals surface area contributed by atoms with Gasteiger partial charge >= 0.3 is 0 Å². The van der Waals surface area contributed by atoms with Gasteiger partial charge in [-0.3, -0.25) is 9.59 Å². The molecule has 98 valence electrons. The number of carbonyl (C=O) groups is 1. The normalized spacial score (nSPS) is 19.2. The highest BCUT2D eigenvalue weighted by Crippen LogP contribution is 2.23. The smallest absolute Gasteiger partial charge is 0.259 e. The van der Waals surface area contributed by atoms with Crippen LogP contribution in [0.25, 0.3) is 0 Å². The maximum absolute atomic E-state index is 12.3. The Hall–Kier alpha value is -1.10. The van der Waals surface area contributed by atoms with Crippen LogP contribution >= 0.6 is 15.9 Å². The Labute approximate surface area is 115 Å². The number of amides is 1. The van der Waals surface area contributed by atoms with E-state index in [0.29, 0.717) is 0 Å². The molecule has 0 aliphatic carbocycles. The highest BCUT2D eigenvalue weighted by molar-refractivity contribution is 9.09. The van der Waals surface area contributed by atoms with E-state index < -0.39 is 0 Å². The number of hydrogen-bond acceptors (Lipinski definition) is 2. The molecule has 2 heterocycles. The molecule has 1 saturated heterocycles. The minimum absolute atomic E-state index is 0.131. The van der Waals surface area contributed by atoms with Crippen LogP contribution in [0, 0.1) is 0 Å². The Bertz CT molecular complexity index is 472. The number of aromatic nitrogens is 1. The molecule has 5 heteroatoms. The molecule has 1 aliphatic heterocycles. The van der Waals surface area contributed by atoms with E-state index >= 15 is 0 Å². The summed E-state index contributed by atoms with van der Waals surface area (Å²) in [6.45, 7) is 0.764. The van der Waals surface area contributed by atoms with Gasteiger partial charge in [-0.2, -0.15) is 0 Å². The summed E-state index contributed by atoms with van der Waals surface area (Å²) in [5, 5.41) is 0.956. The summed E-state index contributed by atoms with van der Waals surface area (Å²) in [5.74, 6) is -0.131. The van der Waals surface area contributed by atoms with Crippen molar-refractivity contribution in [3.05, 3.63) is 34.2 Å². The van der Waals surface area contributed by atoms with Gasteiger partial charge < -0.3 is 9.88 Å². The van der Waals surface area contributed by atoms with Crippen LogP contribution in [-0.2, 0) is 0 Å². The first-order chi connectivity index (χ1) is 8.74. The number of hydrogen-bond donors (Lipinski definition) is 1. The van der Waals surface area contributed by atoms with Crippen LogP contribution in [-0.4, -0.2) is 33.7 Å². The predicted molar refractivity (Wildman–Crippen MR) is 74.1 cm³/mol. The van der Waals surface area contributed by atoms with E-state index in [0.717, 1.165) is 37.6 Å². The second-order valence-electron chi connectivity index (χ2n) is 4.55. The molecule has 2 rings (SSSR count). The van der Waals surface area contributed by atoms with Crippen molar-refractivity contribution in [3.63, 3.8) is 0 Å². The summed E-state index contributed by atoms with van der Waals surface area (Å²) in [4.78, 5) is 28.7. The molecule has 0 bridgehead atoms. The van der Waals surface area contributed by atoms with Gasteiger partial charge in [0.25, 0.3) is 5.91 Å². The van der Waals surface area contributed by atoms with E-state index in [1.165, 1.54) is 12.3 Å². The summed E-state index contributed by atoms with van der Waals surface area (Å²) >= 11 is 3.41. The Morgan fingerprint density at radius 3 is 3.11 bits per heavy atom. The minimum Gasteiger partial charge on any atom is -0.367 e. The second-order valence-corrected chi connectivity index (χ2v) is 5.34. The van der Waals surface area contributed by atoms with Crippen LogP contribution in [0.5, 0.6) is 0 Å². The van der Waals surface area contributed by atoms with Crippen LogP contribution in [0.1, 0.15) is 36.0 Å². The predicted octanol–water partition coefficient (Wildman–Crippen LogP) is 2.15. The lowest BCUT2D eigenvalue weighted by atomic mass is 10.1. The maximum Gasteiger partial charge on any atom is 0.259 e. The second kappa shape index (κ2) is 6.18.